The SMILES string of the molecule is CCCCOc1ccc(C=CC23CCC(CC2=O)C3(C)C)cc1OC. The zero-order valence-corrected chi connectivity index (χ0v) is 15.9. The van der Waals surface area contributed by atoms with E-state index in [0.29, 0.717) is 18.3 Å². The number of fused-ring (bicyclic) bond motifs is 2. The average Bonchev–Trinajstić information content (AvgIpc) is 2.95. The number of rotatable bonds is 7. The van der Waals surface area contributed by atoms with E-state index in [2.05, 4.69) is 32.9 Å². The van der Waals surface area contributed by atoms with Crippen molar-refractivity contribution in [3.8, 4) is 11.5 Å². The van der Waals surface area contributed by atoms with Crippen LogP contribution in [0.15, 0.2) is 24.3 Å². The molecule has 0 spiro atoms. The van der Waals surface area contributed by atoms with Crippen LogP contribution < -0.4 is 9.47 Å². The first kappa shape index (κ1) is 18.0. The topological polar surface area (TPSA) is 35.5 Å². The van der Waals surface area contributed by atoms with Crippen molar-refractivity contribution < 1.29 is 14.3 Å². The molecule has 136 valence electrons. The van der Waals surface area contributed by atoms with Gasteiger partial charge in [-0.2, -0.15) is 0 Å². The Labute approximate surface area is 151 Å². The zero-order valence-electron chi connectivity index (χ0n) is 15.9. The van der Waals surface area contributed by atoms with E-state index < -0.39 is 0 Å². The second kappa shape index (κ2) is 6.86. The van der Waals surface area contributed by atoms with E-state index in [1.54, 1.807) is 7.11 Å². The summed E-state index contributed by atoms with van der Waals surface area (Å²) >= 11 is 0. The summed E-state index contributed by atoms with van der Waals surface area (Å²) in [4.78, 5) is 12.6. The van der Waals surface area contributed by atoms with Crippen molar-refractivity contribution in [1.29, 1.82) is 0 Å². The number of carbonyl (C=O) groups is 1. The van der Waals surface area contributed by atoms with Crippen LogP contribution in [-0.2, 0) is 4.79 Å². The van der Waals surface area contributed by atoms with Crippen LogP contribution in [0.2, 0.25) is 0 Å². The maximum Gasteiger partial charge on any atom is 0.161 e. The Balaban J connectivity index is 1.81. The van der Waals surface area contributed by atoms with Crippen molar-refractivity contribution in [2.75, 3.05) is 13.7 Å². The van der Waals surface area contributed by atoms with Crippen molar-refractivity contribution in [3.63, 3.8) is 0 Å². The Morgan fingerprint density at radius 3 is 2.68 bits per heavy atom. The van der Waals surface area contributed by atoms with Gasteiger partial charge in [0.15, 0.2) is 11.5 Å². The summed E-state index contributed by atoms with van der Waals surface area (Å²) < 4.78 is 11.3. The number of unbranched alkanes of at least 4 members (excludes halogenated alkanes) is 1. The monoisotopic (exact) mass is 342 g/mol. The highest BCUT2D eigenvalue weighted by Crippen LogP contribution is 2.64. The van der Waals surface area contributed by atoms with E-state index in [1.165, 1.54) is 0 Å². The summed E-state index contributed by atoms with van der Waals surface area (Å²) in [5.74, 6) is 2.48. The molecule has 2 saturated carbocycles. The number of ether oxygens (including phenoxy) is 2. The zero-order chi connectivity index (χ0) is 18.1. The van der Waals surface area contributed by atoms with Crippen LogP contribution in [0.25, 0.3) is 6.08 Å². The van der Waals surface area contributed by atoms with E-state index in [9.17, 15) is 4.79 Å². The van der Waals surface area contributed by atoms with Gasteiger partial charge in [0.05, 0.1) is 19.1 Å². The van der Waals surface area contributed by atoms with Crippen molar-refractivity contribution in [1.82, 2.24) is 0 Å². The fourth-order valence-corrected chi connectivity index (χ4v) is 4.57. The highest BCUT2D eigenvalue weighted by Gasteiger charge is 2.62. The number of hydrogen-bond donors (Lipinski definition) is 0. The molecule has 0 aromatic heterocycles. The summed E-state index contributed by atoms with van der Waals surface area (Å²) in [7, 11) is 1.67. The van der Waals surface area contributed by atoms with Crippen LogP contribution in [0.5, 0.6) is 11.5 Å². The summed E-state index contributed by atoms with van der Waals surface area (Å²) in [6.07, 6.45) is 9.28. The Kier molecular flexibility index (Phi) is 4.95. The number of methoxy groups -OCH3 is 1. The fourth-order valence-electron chi connectivity index (χ4n) is 4.57. The minimum absolute atomic E-state index is 0.0634. The number of allylic oxidation sites excluding steroid dienone is 1. The first-order valence-corrected chi connectivity index (χ1v) is 9.48. The molecule has 2 unspecified atom stereocenters. The van der Waals surface area contributed by atoms with Gasteiger partial charge in [0, 0.05) is 6.42 Å². The normalized spacial score (nSPS) is 27.2. The molecule has 2 aliphatic rings. The number of Topliss-reactive ketones (excluding diaryl/α,β-unsaturated/α-hetero) is 1. The van der Waals surface area contributed by atoms with E-state index in [-0.39, 0.29) is 10.8 Å². The maximum atomic E-state index is 12.6. The Morgan fingerprint density at radius 2 is 2.08 bits per heavy atom. The van der Waals surface area contributed by atoms with Gasteiger partial charge in [0.25, 0.3) is 0 Å². The predicted octanol–water partition coefficient (Wildman–Crippen LogP) is 5.28. The molecule has 3 heteroatoms. The van der Waals surface area contributed by atoms with Gasteiger partial charge in [-0.15, -0.1) is 0 Å². The minimum atomic E-state index is -0.290. The lowest BCUT2D eigenvalue weighted by atomic mass is 9.68. The molecule has 0 radical (unpaired) electrons. The van der Waals surface area contributed by atoms with Crippen LogP contribution in [0.1, 0.15) is 58.4 Å². The molecule has 3 nitrogen and oxygen atoms in total. The van der Waals surface area contributed by atoms with Crippen molar-refractivity contribution in [2.45, 2.75) is 52.9 Å². The molecule has 0 saturated heterocycles. The van der Waals surface area contributed by atoms with Crippen molar-refractivity contribution in [2.24, 2.45) is 16.7 Å². The molecule has 0 amide bonds. The van der Waals surface area contributed by atoms with Crippen molar-refractivity contribution in [3.05, 3.63) is 29.8 Å². The highest BCUT2D eigenvalue weighted by atomic mass is 16.5. The Morgan fingerprint density at radius 1 is 1.28 bits per heavy atom. The van der Waals surface area contributed by atoms with Gasteiger partial charge in [-0.3, -0.25) is 4.79 Å². The molecular weight excluding hydrogens is 312 g/mol. The highest BCUT2D eigenvalue weighted by molar-refractivity contribution is 5.92. The van der Waals surface area contributed by atoms with Gasteiger partial charge >= 0.3 is 0 Å². The summed E-state index contributed by atoms with van der Waals surface area (Å²) in [5, 5.41) is 0. The number of ketones is 1. The first-order chi connectivity index (χ1) is 11.9. The second-order valence-electron chi connectivity index (χ2n) is 8.00. The number of carbonyl (C=O) groups excluding carboxylic acids is 1. The smallest absolute Gasteiger partial charge is 0.161 e. The van der Waals surface area contributed by atoms with E-state index in [0.717, 1.165) is 49.2 Å². The van der Waals surface area contributed by atoms with Crippen LogP contribution in [0, 0.1) is 16.7 Å². The lowest BCUT2D eigenvalue weighted by Gasteiger charge is -2.33. The molecular formula is C22H30O3. The average molecular weight is 342 g/mol. The molecule has 1 aromatic rings. The second-order valence-corrected chi connectivity index (χ2v) is 8.00. The van der Waals surface area contributed by atoms with Crippen molar-refractivity contribution >= 4 is 11.9 Å². The van der Waals surface area contributed by atoms with Gasteiger partial charge in [0.2, 0.25) is 0 Å². The lowest BCUT2D eigenvalue weighted by molar-refractivity contribution is -0.126. The maximum absolute atomic E-state index is 12.6. The first-order valence-electron chi connectivity index (χ1n) is 9.48. The third-order valence-electron chi connectivity index (χ3n) is 6.49. The number of hydrogen-bond acceptors (Lipinski definition) is 3. The van der Waals surface area contributed by atoms with E-state index in [4.69, 9.17) is 9.47 Å². The summed E-state index contributed by atoms with van der Waals surface area (Å²) in [6.45, 7) is 7.36. The molecule has 2 atom stereocenters. The van der Waals surface area contributed by atoms with E-state index >= 15 is 0 Å². The Bertz CT molecular complexity index is 674. The van der Waals surface area contributed by atoms with Gasteiger partial charge in [-0.05, 0) is 48.3 Å². The molecule has 25 heavy (non-hydrogen) atoms. The van der Waals surface area contributed by atoms with Crippen LogP contribution >= 0.6 is 0 Å². The third-order valence-corrected chi connectivity index (χ3v) is 6.49. The van der Waals surface area contributed by atoms with Gasteiger partial charge in [0.1, 0.15) is 5.78 Å². The molecule has 2 aliphatic carbocycles. The largest absolute Gasteiger partial charge is 0.493 e. The predicted molar refractivity (Wildman–Crippen MR) is 101 cm³/mol. The molecule has 2 bridgehead atoms. The van der Waals surface area contributed by atoms with Gasteiger partial charge < -0.3 is 9.47 Å². The summed E-state index contributed by atoms with van der Waals surface area (Å²) in [6, 6.07) is 5.99. The minimum Gasteiger partial charge on any atom is -0.493 e. The van der Waals surface area contributed by atoms with Crippen LogP contribution in [0.3, 0.4) is 0 Å². The van der Waals surface area contributed by atoms with Gasteiger partial charge in [-0.1, -0.05) is 45.4 Å². The molecule has 0 aliphatic heterocycles. The molecule has 3 rings (SSSR count). The third kappa shape index (κ3) is 2.98. The number of benzene rings is 1. The van der Waals surface area contributed by atoms with Crippen LogP contribution in [0.4, 0.5) is 0 Å². The fraction of sp³-hybridized carbons (Fsp3) is 0.591. The standard InChI is InChI=1S/C22H30O3/c1-5-6-13-25-18-8-7-16(14-19(18)24-4)9-11-22-12-10-17(15-20(22)23)21(22,2)3/h7-9,11,14,17H,5-6,10,12-13,15H2,1-4H3. The molecule has 0 N–H and O–H groups in total. The molecule has 2 fully saturated rings. The quantitative estimate of drug-likeness (QED) is 0.632. The molecule has 0 heterocycles. The van der Waals surface area contributed by atoms with Crippen LogP contribution in [-0.4, -0.2) is 19.5 Å². The Hall–Kier alpha value is -1.77. The molecule has 1 aromatic carbocycles. The van der Waals surface area contributed by atoms with E-state index in [1.807, 2.05) is 18.2 Å². The van der Waals surface area contributed by atoms with Gasteiger partial charge in [-0.25, -0.2) is 0 Å². The summed E-state index contributed by atoms with van der Waals surface area (Å²) in [5.41, 5.74) is 0.822. The lowest BCUT2D eigenvalue weighted by Crippen LogP contribution is -2.33.